The van der Waals surface area contributed by atoms with Gasteiger partial charge in [-0.15, -0.1) is 0 Å². The van der Waals surface area contributed by atoms with Gasteiger partial charge in [0.1, 0.15) is 5.82 Å². The lowest BCUT2D eigenvalue weighted by atomic mass is 9.91. The van der Waals surface area contributed by atoms with E-state index in [1.807, 2.05) is 32.9 Å². The number of anilines is 1. The Balaban J connectivity index is 2.34. The van der Waals surface area contributed by atoms with E-state index >= 15 is 0 Å². The van der Waals surface area contributed by atoms with Crippen molar-refractivity contribution in [3.05, 3.63) is 57.9 Å². The molecule has 0 aliphatic heterocycles. The Bertz CT molecular complexity index is 1040. The van der Waals surface area contributed by atoms with Gasteiger partial charge in [-0.05, 0) is 78.4 Å². The minimum Gasteiger partial charge on any atom is -0.383 e. The summed E-state index contributed by atoms with van der Waals surface area (Å²) in [6.45, 7) is 6.12. The van der Waals surface area contributed by atoms with E-state index in [1.165, 1.54) is 6.08 Å². The number of aryl methyl sites for hydroxylation is 3. The van der Waals surface area contributed by atoms with E-state index in [-0.39, 0.29) is 5.28 Å². The summed E-state index contributed by atoms with van der Waals surface area (Å²) >= 11 is 6.04. The number of hydrogen-bond acceptors (Lipinski definition) is 4. The lowest BCUT2D eigenvalue weighted by molar-refractivity contribution is 1.22. The molecule has 0 unspecified atom stereocenters. The van der Waals surface area contributed by atoms with Gasteiger partial charge < -0.3 is 5.73 Å². The van der Waals surface area contributed by atoms with Crippen molar-refractivity contribution in [1.29, 1.82) is 5.26 Å². The topological polar surface area (TPSA) is 75.6 Å². The predicted molar refractivity (Wildman–Crippen MR) is 103 cm³/mol. The molecule has 5 heteroatoms. The van der Waals surface area contributed by atoms with E-state index in [0.29, 0.717) is 5.82 Å². The maximum absolute atomic E-state index is 8.72. The number of nitriles is 1. The van der Waals surface area contributed by atoms with E-state index in [1.54, 1.807) is 6.08 Å². The number of nitrogens with zero attached hydrogens (tertiary/aromatic N) is 3. The summed E-state index contributed by atoms with van der Waals surface area (Å²) in [5.41, 5.74) is 13.1. The van der Waals surface area contributed by atoms with Crippen molar-refractivity contribution in [2.24, 2.45) is 0 Å². The second-order valence-electron chi connectivity index (χ2n) is 6.08. The number of fused-ring (bicyclic) bond motifs is 1. The highest BCUT2D eigenvalue weighted by molar-refractivity contribution is 6.29. The minimum atomic E-state index is 0.138. The molecule has 3 rings (SSSR count). The monoisotopic (exact) mass is 348 g/mol. The molecular formula is C20H17ClN4. The summed E-state index contributed by atoms with van der Waals surface area (Å²) < 4.78 is 0. The molecule has 1 aromatic heterocycles. The lowest BCUT2D eigenvalue weighted by Gasteiger charge is -2.15. The molecule has 0 radical (unpaired) electrons. The van der Waals surface area contributed by atoms with Crippen molar-refractivity contribution in [3.63, 3.8) is 0 Å². The van der Waals surface area contributed by atoms with Crippen LogP contribution in [0.5, 0.6) is 0 Å². The number of halogens is 1. The summed E-state index contributed by atoms with van der Waals surface area (Å²) in [5.74, 6) is 0.379. The standard InChI is InChI=1S/C20H17ClN4/c1-11-7-15(18-16(8-11)19(23)25-20(21)24-18)17-12(2)9-14(5-4-6-22)10-13(17)3/h4-5,7-10H,1-3H3,(H2,23,24,25)/b5-4+. The van der Waals surface area contributed by atoms with Gasteiger partial charge in [0.15, 0.2) is 0 Å². The molecule has 2 N–H and O–H groups in total. The summed E-state index contributed by atoms with van der Waals surface area (Å²) in [5, 5.41) is 9.66. The van der Waals surface area contributed by atoms with Gasteiger partial charge in [-0.25, -0.2) is 9.97 Å². The molecule has 0 aliphatic rings. The molecule has 0 aliphatic carbocycles. The highest BCUT2D eigenvalue weighted by atomic mass is 35.5. The van der Waals surface area contributed by atoms with E-state index in [0.717, 1.165) is 44.3 Å². The fourth-order valence-corrected chi connectivity index (χ4v) is 3.39. The van der Waals surface area contributed by atoms with E-state index < -0.39 is 0 Å². The SMILES string of the molecule is Cc1cc(-c2c(C)cc(/C=C/C#N)cc2C)c2nc(Cl)nc(N)c2c1. The van der Waals surface area contributed by atoms with Gasteiger partial charge in [0, 0.05) is 17.0 Å². The Kier molecular flexibility index (Phi) is 4.43. The van der Waals surface area contributed by atoms with Crippen LogP contribution in [0, 0.1) is 32.1 Å². The first kappa shape index (κ1) is 16.9. The van der Waals surface area contributed by atoms with Gasteiger partial charge in [-0.1, -0.05) is 12.1 Å². The first-order valence-corrected chi connectivity index (χ1v) is 8.19. The summed E-state index contributed by atoms with van der Waals surface area (Å²) in [6, 6.07) is 10.2. The van der Waals surface area contributed by atoms with Crippen LogP contribution in [0.2, 0.25) is 5.28 Å². The molecule has 0 saturated heterocycles. The molecule has 0 saturated carbocycles. The van der Waals surface area contributed by atoms with Crippen LogP contribution >= 0.6 is 11.6 Å². The molecule has 4 nitrogen and oxygen atoms in total. The third-order valence-corrected chi connectivity index (χ3v) is 4.29. The van der Waals surface area contributed by atoms with Gasteiger partial charge >= 0.3 is 0 Å². The minimum absolute atomic E-state index is 0.138. The smallest absolute Gasteiger partial charge is 0.224 e. The molecule has 124 valence electrons. The number of rotatable bonds is 2. The zero-order valence-electron chi connectivity index (χ0n) is 14.3. The number of nitrogens with two attached hydrogens (primary N) is 1. The summed E-state index contributed by atoms with van der Waals surface area (Å²) in [4.78, 5) is 8.49. The highest BCUT2D eigenvalue weighted by Gasteiger charge is 2.15. The van der Waals surface area contributed by atoms with Gasteiger partial charge in [-0.3, -0.25) is 0 Å². The Morgan fingerprint density at radius 1 is 1.08 bits per heavy atom. The van der Waals surface area contributed by atoms with Crippen LogP contribution in [0.4, 0.5) is 5.82 Å². The zero-order valence-corrected chi connectivity index (χ0v) is 15.0. The van der Waals surface area contributed by atoms with Crippen molar-refractivity contribution in [3.8, 4) is 17.2 Å². The van der Waals surface area contributed by atoms with Gasteiger partial charge in [0.05, 0.1) is 11.6 Å². The van der Waals surface area contributed by atoms with Crippen LogP contribution in [-0.4, -0.2) is 9.97 Å². The molecule has 0 spiro atoms. The summed E-state index contributed by atoms with van der Waals surface area (Å²) in [7, 11) is 0. The quantitative estimate of drug-likeness (QED) is 0.522. The second-order valence-corrected chi connectivity index (χ2v) is 6.42. The first-order valence-electron chi connectivity index (χ1n) is 7.82. The van der Waals surface area contributed by atoms with Crippen molar-refractivity contribution >= 4 is 34.4 Å². The molecule has 25 heavy (non-hydrogen) atoms. The first-order chi connectivity index (χ1) is 11.9. The second kappa shape index (κ2) is 6.54. The molecule has 0 bridgehead atoms. The summed E-state index contributed by atoms with van der Waals surface area (Å²) in [6.07, 6.45) is 3.28. The van der Waals surface area contributed by atoms with Crippen molar-refractivity contribution in [2.75, 3.05) is 5.73 Å². The Labute approximate surface area is 151 Å². The van der Waals surface area contributed by atoms with Crippen LogP contribution in [-0.2, 0) is 0 Å². The molecule has 3 aromatic rings. The fraction of sp³-hybridized carbons (Fsp3) is 0.150. The lowest BCUT2D eigenvalue weighted by Crippen LogP contribution is -1.99. The fourth-order valence-electron chi connectivity index (χ4n) is 3.21. The van der Waals surface area contributed by atoms with Crippen molar-refractivity contribution in [2.45, 2.75) is 20.8 Å². The van der Waals surface area contributed by atoms with Gasteiger partial charge in [-0.2, -0.15) is 5.26 Å². The number of aromatic nitrogens is 2. The van der Waals surface area contributed by atoms with E-state index in [4.69, 9.17) is 22.6 Å². The third-order valence-electron chi connectivity index (χ3n) is 4.12. The molecule has 0 amide bonds. The predicted octanol–water partition coefficient (Wildman–Crippen LogP) is 4.99. The Hall–Kier alpha value is -2.90. The molecule has 0 fully saturated rings. The Morgan fingerprint density at radius 2 is 1.76 bits per heavy atom. The van der Waals surface area contributed by atoms with Crippen molar-refractivity contribution < 1.29 is 0 Å². The number of nitrogen functional groups attached to an aromatic ring is 1. The van der Waals surface area contributed by atoms with Gasteiger partial charge in [0.2, 0.25) is 5.28 Å². The average molecular weight is 349 g/mol. The molecule has 2 aromatic carbocycles. The highest BCUT2D eigenvalue weighted by Crippen LogP contribution is 2.36. The van der Waals surface area contributed by atoms with E-state index in [9.17, 15) is 0 Å². The van der Waals surface area contributed by atoms with Crippen molar-refractivity contribution in [1.82, 2.24) is 9.97 Å². The molecule has 0 atom stereocenters. The average Bonchev–Trinajstić information content (AvgIpc) is 2.53. The maximum atomic E-state index is 8.72. The van der Waals surface area contributed by atoms with Crippen LogP contribution in [0.3, 0.4) is 0 Å². The number of hydrogen-bond donors (Lipinski definition) is 1. The molecule has 1 heterocycles. The maximum Gasteiger partial charge on any atom is 0.224 e. The number of benzene rings is 2. The van der Waals surface area contributed by atoms with Gasteiger partial charge in [0.25, 0.3) is 0 Å². The van der Waals surface area contributed by atoms with Crippen LogP contribution < -0.4 is 5.73 Å². The van der Waals surface area contributed by atoms with E-state index in [2.05, 4.69) is 28.2 Å². The largest absolute Gasteiger partial charge is 0.383 e. The zero-order chi connectivity index (χ0) is 18.1. The Morgan fingerprint density at radius 3 is 2.40 bits per heavy atom. The number of allylic oxidation sites excluding steroid dienone is 1. The van der Waals surface area contributed by atoms with Crippen LogP contribution in [0.25, 0.3) is 28.1 Å². The van der Waals surface area contributed by atoms with Crippen LogP contribution in [0.1, 0.15) is 22.3 Å². The third kappa shape index (κ3) is 3.19. The van der Waals surface area contributed by atoms with Crippen LogP contribution in [0.15, 0.2) is 30.3 Å². The normalized spacial score (nSPS) is 11.2. The molecular weight excluding hydrogens is 332 g/mol.